The molecule has 0 saturated heterocycles. The number of likely N-dealkylation sites (N-methyl/N-ethyl adjacent to an activating group) is 1. The van der Waals surface area contributed by atoms with Gasteiger partial charge in [0.2, 0.25) is 0 Å². The Kier molecular flexibility index (Phi) is 5.30. The van der Waals surface area contributed by atoms with E-state index in [0.29, 0.717) is 18.2 Å². The minimum Gasteiger partial charge on any atom is -0.422 e. The number of benzene rings is 1. The van der Waals surface area contributed by atoms with Crippen molar-refractivity contribution in [2.45, 2.75) is 38.1 Å². The molecule has 2 aromatic rings. The molecule has 1 aliphatic rings. The second-order valence-electron chi connectivity index (χ2n) is 6.51. The van der Waals surface area contributed by atoms with Crippen LogP contribution < -0.4 is 10.9 Å². The van der Waals surface area contributed by atoms with Gasteiger partial charge in [-0.25, -0.2) is 4.79 Å². The highest BCUT2D eigenvalue weighted by Crippen LogP contribution is 2.21. The van der Waals surface area contributed by atoms with Crippen LogP contribution in [0.4, 0.5) is 0 Å². The molecule has 1 amide bonds. The first kappa shape index (κ1) is 16.7. The van der Waals surface area contributed by atoms with Crippen molar-refractivity contribution in [3.05, 3.63) is 46.3 Å². The zero-order chi connectivity index (χ0) is 16.9. The summed E-state index contributed by atoms with van der Waals surface area (Å²) in [5.41, 5.74) is -0.0306. The highest BCUT2D eigenvalue weighted by atomic mass is 16.4. The summed E-state index contributed by atoms with van der Waals surface area (Å²) in [4.78, 5) is 26.6. The molecule has 1 aliphatic carbocycles. The number of carbonyl (C=O) groups is 1. The van der Waals surface area contributed by atoms with Gasteiger partial charge in [0.05, 0.1) is 0 Å². The first-order valence-corrected chi connectivity index (χ1v) is 8.66. The van der Waals surface area contributed by atoms with E-state index in [1.54, 1.807) is 18.2 Å². The molecule has 1 aromatic carbocycles. The van der Waals surface area contributed by atoms with Crippen LogP contribution in [-0.2, 0) is 0 Å². The maximum Gasteiger partial charge on any atom is 0.349 e. The van der Waals surface area contributed by atoms with E-state index < -0.39 is 5.63 Å². The lowest BCUT2D eigenvalue weighted by atomic mass is 9.94. The van der Waals surface area contributed by atoms with Crippen molar-refractivity contribution in [1.82, 2.24) is 10.2 Å². The number of nitrogens with one attached hydrogen (secondary N) is 1. The summed E-state index contributed by atoms with van der Waals surface area (Å²) in [5, 5.41) is 3.59. The van der Waals surface area contributed by atoms with Gasteiger partial charge in [-0.3, -0.25) is 4.79 Å². The van der Waals surface area contributed by atoms with Crippen LogP contribution in [0.1, 0.15) is 42.5 Å². The normalized spacial score (nSPS) is 15.8. The SMILES string of the molecule is CN(CCNC(=O)c1cc2ccccc2oc1=O)C1CCCCC1. The number of amides is 1. The summed E-state index contributed by atoms with van der Waals surface area (Å²) in [6, 6.07) is 9.40. The standard InChI is InChI=1S/C19H24N2O3/c1-21(15-8-3-2-4-9-15)12-11-20-18(22)16-13-14-7-5-6-10-17(14)24-19(16)23/h5-7,10,13,15H,2-4,8-9,11-12H2,1H3,(H,20,22). The van der Waals surface area contributed by atoms with Crippen molar-refractivity contribution < 1.29 is 9.21 Å². The van der Waals surface area contributed by atoms with E-state index in [-0.39, 0.29) is 11.5 Å². The molecule has 0 spiro atoms. The monoisotopic (exact) mass is 328 g/mol. The molecule has 5 heteroatoms. The van der Waals surface area contributed by atoms with Crippen LogP contribution in [0.15, 0.2) is 39.5 Å². The summed E-state index contributed by atoms with van der Waals surface area (Å²) in [6.45, 7) is 1.31. The molecule has 1 saturated carbocycles. The summed E-state index contributed by atoms with van der Waals surface area (Å²) in [5.74, 6) is -0.369. The first-order chi connectivity index (χ1) is 11.6. The largest absolute Gasteiger partial charge is 0.422 e. The maximum absolute atomic E-state index is 12.3. The van der Waals surface area contributed by atoms with Crippen LogP contribution in [0.25, 0.3) is 11.0 Å². The van der Waals surface area contributed by atoms with E-state index in [4.69, 9.17) is 4.42 Å². The molecule has 0 bridgehead atoms. The fourth-order valence-corrected chi connectivity index (χ4v) is 3.37. The topological polar surface area (TPSA) is 62.6 Å². The van der Waals surface area contributed by atoms with E-state index in [9.17, 15) is 9.59 Å². The van der Waals surface area contributed by atoms with Gasteiger partial charge in [0.1, 0.15) is 11.1 Å². The van der Waals surface area contributed by atoms with Gasteiger partial charge < -0.3 is 14.6 Å². The van der Waals surface area contributed by atoms with Gasteiger partial charge in [-0.15, -0.1) is 0 Å². The van der Waals surface area contributed by atoms with Crippen molar-refractivity contribution in [3.63, 3.8) is 0 Å². The second kappa shape index (κ2) is 7.62. The van der Waals surface area contributed by atoms with Crippen LogP contribution in [0, 0.1) is 0 Å². The van der Waals surface area contributed by atoms with E-state index >= 15 is 0 Å². The van der Waals surface area contributed by atoms with Crippen LogP contribution in [0.2, 0.25) is 0 Å². The van der Waals surface area contributed by atoms with Gasteiger partial charge in [-0.2, -0.15) is 0 Å². The smallest absolute Gasteiger partial charge is 0.349 e. The quantitative estimate of drug-likeness (QED) is 0.857. The predicted octanol–water partition coefficient (Wildman–Crippen LogP) is 2.79. The zero-order valence-corrected chi connectivity index (χ0v) is 14.1. The molecule has 1 heterocycles. The molecule has 0 radical (unpaired) electrons. The molecular formula is C19H24N2O3. The van der Waals surface area contributed by atoms with Gasteiger partial charge >= 0.3 is 5.63 Å². The van der Waals surface area contributed by atoms with Crippen molar-refractivity contribution in [2.24, 2.45) is 0 Å². The third-order valence-corrected chi connectivity index (χ3v) is 4.83. The lowest BCUT2D eigenvalue weighted by Crippen LogP contribution is -2.40. The Hall–Kier alpha value is -2.14. The van der Waals surface area contributed by atoms with Crippen molar-refractivity contribution in [2.75, 3.05) is 20.1 Å². The fourth-order valence-electron chi connectivity index (χ4n) is 3.37. The van der Waals surface area contributed by atoms with E-state index in [0.717, 1.165) is 11.9 Å². The molecule has 24 heavy (non-hydrogen) atoms. The number of rotatable bonds is 5. The second-order valence-corrected chi connectivity index (χ2v) is 6.51. The third-order valence-electron chi connectivity index (χ3n) is 4.83. The highest BCUT2D eigenvalue weighted by molar-refractivity contribution is 5.96. The van der Waals surface area contributed by atoms with Crippen LogP contribution in [-0.4, -0.2) is 37.0 Å². The third kappa shape index (κ3) is 3.85. The summed E-state index contributed by atoms with van der Waals surface area (Å²) in [7, 11) is 2.10. The van der Waals surface area contributed by atoms with Crippen molar-refractivity contribution in [3.8, 4) is 0 Å². The maximum atomic E-state index is 12.3. The molecule has 1 N–H and O–H groups in total. The Bertz CT molecular complexity index is 763. The van der Waals surface area contributed by atoms with Crippen LogP contribution >= 0.6 is 0 Å². The lowest BCUT2D eigenvalue weighted by molar-refractivity contribution is 0.0941. The van der Waals surface area contributed by atoms with Crippen LogP contribution in [0.5, 0.6) is 0 Å². The van der Waals surface area contributed by atoms with E-state index in [1.807, 2.05) is 12.1 Å². The predicted molar refractivity (Wildman–Crippen MR) is 94.3 cm³/mol. The lowest BCUT2D eigenvalue weighted by Gasteiger charge is -2.31. The summed E-state index contributed by atoms with van der Waals surface area (Å²) < 4.78 is 5.21. The number of fused-ring (bicyclic) bond motifs is 1. The van der Waals surface area contributed by atoms with Gasteiger partial charge in [-0.1, -0.05) is 37.5 Å². The van der Waals surface area contributed by atoms with Crippen molar-refractivity contribution in [1.29, 1.82) is 0 Å². The average Bonchev–Trinajstić information content (AvgIpc) is 2.61. The average molecular weight is 328 g/mol. The molecule has 1 aromatic heterocycles. The van der Waals surface area contributed by atoms with Gasteiger partial charge in [0.25, 0.3) is 5.91 Å². The van der Waals surface area contributed by atoms with Gasteiger partial charge in [-0.05, 0) is 32.0 Å². The molecule has 0 aliphatic heterocycles. The van der Waals surface area contributed by atoms with Gasteiger partial charge in [0, 0.05) is 24.5 Å². The van der Waals surface area contributed by atoms with E-state index in [1.165, 1.54) is 32.1 Å². The van der Waals surface area contributed by atoms with Gasteiger partial charge in [0.15, 0.2) is 0 Å². The van der Waals surface area contributed by atoms with Crippen molar-refractivity contribution >= 4 is 16.9 Å². The van der Waals surface area contributed by atoms with Crippen LogP contribution in [0.3, 0.4) is 0 Å². The molecule has 5 nitrogen and oxygen atoms in total. The first-order valence-electron chi connectivity index (χ1n) is 8.66. The molecule has 1 fully saturated rings. The number of nitrogens with zero attached hydrogens (tertiary/aromatic N) is 1. The number of hydrogen-bond donors (Lipinski definition) is 1. The number of hydrogen-bond acceptors (Lipinski definition) is 4. The fraction of sp³-hybridized carbons (Fsp3) is 0.474. The Morgan fingerprint density at radius 2 is 2.00 bits per heavy atom. The Morgan fingerprint density at radius 1 is 1.25 bits per heavy atom. The Balaban J connectivity index is 1.59. The molecular weight excluding hydrogens is 304 g/mol. The summed E-state index contributed by atoms with van der Waals surface area (Å²) in [6.07, 6.45) is 6.38. The van der Waals surface area contributed by atoms with E-state index in [2.05, 4.69) is 17.3 Å². The molecule has 3 rings (SSSR count). The minimum absolute atomic E-state index is 0.0639. The zero-order valence-electron chi connectivity index (χ0n) is 14.1. The Morgan fingerprint density at radius 3 is 2.79 bits per heavy atom. The molecule has 0 atom stereocenters. The Labute approximate surface area is 141 Å². The number of carbonyl (C=O) groups excluding carboxylic acids is 1. The minimum atomic E-state index is -0.591. The summed E-state index contributed by atoms with van der Waals surface area (Å²) >= 11 is 0. The number of para-hydroxylation sites is 1. The molecule has 0 unspecified atom stereocenters. The molecule has 128 valence electrons. The highest BCUT2D eigenvalue weighted by Gasteiger charge is 2.18.